The second-order valence-electron chi connectivity index (χ2n) is 4.96. The van der Waals surface area contributed by atoms with Gasteiger partial charge in [0.2, 0.25) is 5.91 Å². The Kier molecular flexibility index (Phi) is 4.70. The van der Waals surface area contributed by atoms with Gasteiger partial charge >= 0.3 is 0 Å². The number of nitrogens with zero attached hydrogens (tertiary/aromatic N) is 1. The van der Waals surface area contributed by atoms with Crippen molar-refractivity contribution in [2.45, 2.75) is 38.1 Å². The van der Waals surface area contributed by atoms with Crippen molar-refractivity contribution in [1.82, 2.24) is 10.3 Å². The number of carbonyl (C=O) groups is 1. The molecule has 4 heteroatoms. The van der Waals surface area contributed by atoms with Crippen LogP contribution in [0.15, 0.2) is 24.5 Å². The zero-order valence-corrected chi connectivity index (χ0v) is 10.6. The fourth-order valence-electron chi connectivity index (χ4n) is 2.49. The Hall–Kier alpha value is -1.42. The van der Waals surface area contributed by atoms with Gasteiger partial charge in [0.05, 0.1) is 5.92 Å². The average Bonchev–Trinajstić information content (AvgIpc) is 2.40. The molecule has 0 spiro atoms. The molecule has 4 nitrogen and oxygen atoms in total. The van der Waals surface area contributed by atoms with Crippen LogP contribution in [0.2, 0.25) is 0 Å². The summed E-state index contributed by atoms with van der Waals surface area (Å²) < 4.78 is 0. The lowest BCUT2D eigenvalue weighted by Crippen LogP contribution is -2.44. The molecule has 1 fully saturated rings. The van der Waals surface area contributed by atoms with Crippen LogP contribution >= 0.6 is 0 Å². The fourth-order valence-corrected chi connectivity index (χ4v) is 2.49. The Morgan fingerprint density at radius 1 is 1.44 bits per heavy atom. The smallest absolute Gasteiger partial charge is 0.224 e. The van der Waals surface area contributed by atoms with Crippen LogP contribution in [0, 0.1) is 5.92 Å². The summed E-state index contributed by atoms with van der Waals surface area (Å²) in [4.78, 5) is 16.0. The second kappa shape index (κ2) is 6.50. The van der Waals surface area contributed by atoms with Gasteiger partial charge in [-0.3, -0.25) is 9.78 Å². The Labute approximate surface area is 108 Å². The van der Waals surface area contributed by atoms with Gasteiger partial charge in [0.1, 0.15) is 0 Å². The maximum atomic E-state index is 12.0. The van der Waals surface area contributed by atoms with Crippen molar-refractivity contribution in [3.63, 3.8) is 0 Å². The number of hydrogen-bond acceptors (Lipinski definition) is 3. The highest BCUT2D eigenvalue weighted by molar-refractivity contribution is 5.79. The lowest BCUT2D eigenvalue weighted by atomic mass is 9.84. The van der Waals surface area contributed by atoms with Gasteiger partial charge in [-0.2, -0.15) is 0 Å². The van der Waals surface area contributed by atoms with Crippen LogP contribution in [0.5, 0.6) is 0 Å². The Morgan fingerprint density at radius 3 is 3.00 bits per heavy atom. The number of aromatic nitrogens is 1. The van der Waals surface area contributed by atoms with E-state index in [0.29, 0.717) is 6.54 Å². The Morgan fingerprint density at radius 2 is 2.28 bits per heavy atom. The van der Waals surface area contributed by atoms with Crippen molar-refractivity contribution in [3.8, 4) is 0 Å². The van der Waals surface area contributed by atoms with Gasteiger partial charge in [-0.15, -0.1) is 0 Å². The highest BCUT2D eigenvalue weighted by Crippen LogP contribution is 2.22. The maximum Gasteiger partial charge on any atom is 0.224 e. The van der Waals surface area contributed by atoms with E-state index in [1.54, 1.807) is 6.20 Å². The maximum absolute atomic E-state index is 12.0. The van der Waals surface area contributed by atoms with E-state index < -0.39 is 0 Å². The van der Waals surface area contributed by atoms with E-state index in [9.17, 15) is 4.79 Å². The van der Waals surface area contributed by atoms with Crippen molar-refractivity contribution in [1.29, 1.82) is 0 Å². The Balaban J connectivity index is 1.74. The number of pyridine rings is 1. The molecule has 1 aliphatic rings. The minimum absolute atomic E-state index is 0.00708. The van der Waals surface area contributed by atoms with E-state index in [2.05, 4.69) is 10.3 Å². The molecule has 1 heterocycles. The molecule has 0 unspecified atom stereocenters. The normalized spacial score (nSPS) is 23.6. The standard InChI is InChI=1S/C14H21N3O/c15-13-6-2-1-5-12(13)14(18)17-9-7-11-4-3-8-16-10-11/h3-4,8,10,12-13H,1-2,5-7,9,15H2,(H,17,18)/t12-,13+/m1/s1. The third-order valence-electron chi connectivity index (χ3n) is 3.59. The van der Waals surface area contributed by atoms with Gasteiger partial charge in [0.25, 0.3) is 0 Å². The lowest BCUT2D eigenvalue weighted by Gasteiger charge is -2.27. The molecule has 0 aromatic carbocycles. The highest BCUT2D eigenvalue weighted by atomic mass is 16.1. The topological polar surface area (TPSA) is 68.0 Å². The number of nitrogens with one attached hydrogen (secondary N) is 1. The number of carbonyl (C=O) groups excluding carboxylic acids is 1. The van der Waals surface area contributed by atoms with E-state index in [1.807, 2.05) is 18.3 Å². The first-order chi connectivity index (χ1) is 8.77. The van der Waals surface area contributed by atoms with Crippen molar-refractivity contribution < 1.29 is 4.79 Å². The molecule has 1 saturated carbocycles. The fraction of sp³-hybridized carbons (Fsp3) is 0.571. The van der Waals surface area contributed by atoms with Gasteiger partial charge in [-0.05, 0) is 30.9 Å². The van der Waals surface area contributed by atoms with Crippen molar-refractivity contribution in [2.75, 3.05) is 6.54 Å². The number of amides is 1. The van der Waals surface area contributed by atoms with E-state index in [4.69, 9.17) is 5.73 Å². The molecule has 3 N–H and O–H groups in total. The molecule has 1 aromatic heterocycles. The lowest BCUT2D eigenvalue weighted by molar-refractivity contribution is -0.126. The molecular formula is C14H21N3O. The van der Waals surface area contributed by atoms with Gasteiger partial charge in [0.15, 0.2) is 0 Å². The molecule has 1 aromatic rings. The summed E-state index contributed by atoms with van der Waals surface area (Å²) >= 11 is 0. The van der Waals surface area contributed by atoms with E-state index >= 15 is 0 Å². The van der Waals surface area contributed by atoms with Crippen LogP contribution in [0.1, 0.15) is 31.2 Å². The predicted molar refractivity (Wildman–Crippen MR) is 70.9 cm³/mol. The van der Waals surface area contributed by atoms with Crippen LogP contribution in [-0.4, -0.2) is 23.5 Å². The van der Waals surface area contributed by atoms with Gasteiger partial charge in [-0.1, -0.05) is 18.9 Å². The minimum atomic E-state index is 0.00708. The largest absolute Gasteiger partial charge is 0.355 e. The zero-order chi connectivity index (χ0) is 12.8. The number of nitrogens with two attached hydrogens (primary N) is 1. The summed E-state index contributed by atoms with van der Waals surface area (Å²) in [7, 11) is 0. The van der Waals surface area contributed by atoms with E-state index in [1.165, 1.54) is 0 Å². The zero-order valence-electron chi connectivity index (χ0n) is 10.6. The Bertz CT molecular complexity index is 380. The van der Waals surface area contributed by atoms with Crippen molar-refractivity contribution >= 4 is 5.91 Å². The SMILES string of the molecule is N[C@H]1CCCC[C@H]1C(=O)NCCc1cccnc1. The molecular weight excluding hydrogens is 226 g/mol. The second-order valence-corrected chi connectivity index (χ2v) is 4.96. The summed E-state index contributed by atoms with van der Waals surface area (Å²) in [6, 6.07) is 3.97. The molecule has 0 aliphatic heterocycles. The molecule has 1 aliphatic carbocycles. The van der Waals surface area contributed by atoms with Crippen LogP contribution in [0.3, 0.4) is 0 Å². The van der Waals surface area contributed by atoms with Crippen LogP contribution < -0.4 is 11.1 Å². The third kappa shape index (κ3) is 3.53. The molecule has 18 heavy (non-hydrogen) atoms. The summed E-state index contributed by atoms with van der Waals surface area (Å²) in [6.07, 6.45) is 8.58. The van der Waals surface area contributed by atoms with Crippen molar-refractivity contribution in [2.24, 2.45) is 11.7 Å². The van der Waals surface area contributed by atoms with Crippen molar-refractivity contribution in [3.05, 3.63) is 30.1 Å². The quantitative estimate of drug-likeness (QED) is 0.841. The molecule has 0 radical (unpaired) electrons. The minimum Gasteiger partial charge on any atom is -0.355 e. The van der Waals surface area contributed by atoms with Gasteiger partial charge in [0, 0.05) is 25.0 Å². The first kappa shape index (κ1) is 13.0. The molecule has 98 valence electrons. The molecule has 2 atom stereocenters. The van der Waals surface area contributed by atoms with Gasteiger partial charge < -0.3 is 11.1 Å². The van der Waals surface area contributed by atoms with Crippen LogP contribution in [0.25, 0.3) is 0 Å². The van der Waals surface area contributed by atoms with Crippen LogP contribution in [0.4, 0.5) is 0 Å². The molecule has 2 rings (SSSR count). The summed E-state index contributed by atoms with van der Waals surface area (Å²) in [5.74, 6) is 0.124. The average molecular weight is 247 g/mol. The predicted octanol–water partition coefficient (Wildman–Crippen LogP) is 1.26. The summed E-state index contributed by atoms with van der Waals surface area (Å²) in [5, 5.41) is 2.98. The monoisotopic (exact) mass is 247 g/mol. The molecule has 0 saturated heterocycles. The van der Waals surface area contributed by atoms with Gasteiger partial charge in [-0.25, -0.2) is 0 Å². The summed E-state index contributed by atoms with van der Waals surface area (Å²) in [6.45, 7) is 0.660. The first-order valence-corrected chi connectivity index (χ1v) is 6.69. The first-order valence-electron chi connectivity index (χ1n) is 6.69. The third-order valence-corrected chi connectivity index (χ3v) is 3.59. The van der Waals surface area contributed by atoms with Crippen LogP contribution in [-0.2, 0) is 11.2 Å². The van der Waals surface area contributed by atoms with E-state index in [0.717, 1.165) is 37.7 Å². The molecule has 1 amide bonds. The number of rotatable bonds is 4. The molecule has 0 bridgehead atoms. The number of hydrogen-bond donors (Lipinski definition) is 2. The van der Waals surface area contributed by atoms with E-state index in [-0.39, 0.29) is 17.9 Å². The summed E-state index contributed by atoms with van der Waals surface area (Å²) in [5.41, 5.74) is 7.14. The highest BCUT2D eigenvalue weighted by Gasteiger charge is 2.27.